The van der Waals surface area contributed by atoms with E-state index < -0.39 is 12.1 Å². The molecule has 32 heavy (non-hydrogen) atoms. The molecule has 162 valence electrons. The lowest BCUT2D eigenvalue weighted by atomic mass is 10.0. The van der Waals surface area contributed by atoms with E-state index in [9.17, 15) is 9.59 Å². The Bertz CT molecular complexity index is 1320. The van der Waals surface area contributed by atoms with Crippen LogP contribution in [0.5, 0.6) is 11.5 Å². The predicted molar refractivity (Wildman–Crippen MR) is 117 cm³/mol. The quantitative estimate of drug-likeness (QED) is 0.463. The Morgan fingerprint density at radius 2 is 1.91 bits per heavy atom. The van der Waals surface area contributed by atoms with Gasteiger partial charge in [0.1, 0.15) is 5.58 Å². The molecule has 2 heterocycles. The van der Waals surface area contributed by atoms with E-state index in [1.807, 2.05) is 48.5 Å². The molecule has 7 heteroatoms. The van der Waals surface area contributed by atoms with E-state index in [-0.39, 0.29) is 25.7 Å². The minimum atomic E-state index is -0.925. The molecule has 0 saturated heterocycles. The minimum absolute atomic E-state index is 0.0147. The first kappa shape index (κ1) is 19.9. The number of esters is 1. The molecule has 1 aliphatic heterocycles. The fourth-order valence-corrected chi connectivity index (χ4v) is 3.84. The van der Waals surface area contributed by atoms with Crippen molar-refractivity contribution in [3.05, 3.63) is 72.0 Å². The molecule has 1 N–H and O–H groups in total. The monoisotopic (exact) mass is 431 g/mol. The fourth-order valence-electron chi connectivity index (χ4n) is 3.84. The lowest BCUT2D eigenvalue weighted by molar-refractivity contribution is -0.154. The van der Waals surface area contributed by atoms with E-state index >= 15 is 0 Å². The molecule has 0 bridgehead atoms. The van der Waals surface area contributed by atoms with Crippen molar-refractivity contribution in [2.45, 2.75) is 26.0 Å². The van der Waals surface area contributed by atoms with E-state index in [0.29, 0.717) is 17.1 Å². The highest BCUT2D eigenvalue weighted by Crippen LogP contribution is 2.32. The van der Waals surface area contributed by atoms with Crippen LogP contribution in [0.25, 0.3) is 21.7 Å². The summed E-state index contributed by atoms with van der Waals surface area (Å²) in [4.78, 5) is 24.9. The number of amides is 1. The van der Waals surface area contributed by atoms with Gasteiger partial charge >= 0.3 is 5.97 Å². The van der Waals surface area contributed by atoms with Crippen LogP contribution >= 0.6 is 0 Å². The average molecular weight is 431 g/mol. The first-order valence-electron chi connectivity index (χ1n) is 10.3. The Morgan fingerprint density at radius 3 is 2.81 bits per heavy atom. The highest BCUT2D eigenvalue weighted by Gasteiger charge is 2.20. The number of fused-ring (bicyclic) bond motifs is 4. The minimum Gasteiger partial charge on any atom is -0.464 e. The largest absolute Gasteiger partial charge is 0.464 e. The first-order chi connectivity index (χ1) is 15.6. The zero-order valence-electron chi connectivity index (χ0n) is 17.4. The second-order valence-electron chi connectivity index (χ2n) is 7.64. The zero-order chi connectivity index (χ0) is 22.1. The summed E-state index contributed by atoms with van der Waals surface area (Å²) in [5, 5.41) is 5.74. The molecule has 4 aromatic rings. The van der Waals surface area contributed by atoms with Crippen LogP contribution in [0, 0.1) is 0 Å². The van der Waals surface area contributed by atoms with E-state index in [2.05, 4.69) is 5.32 Å². The molecule has 1 amide bonds. The summed E-state index contributed by atoms with van der Waals surface area (Å²) in [5.74, 6) is 0.461. The lowest BCUT2D eigenvalue weighted by Gasteiger charge is -2.13. The fraction of sp³-hybridized carbons (Fsp3) is 0.200. The van der Waals surface area contributed by atoms with Crippen molar-refractivity contribution >= 4 is 33.6 Å². The maximum atomic E-state index is 12.5. The molecule has 1 atom stereocenters. The van der Waals surface area contributed by atoms with Crippen LogP contribution in [0.2, 0.25) is 0 Å². The van der Waals surface area contributed by atoms with Gasteiger partial charge in [0.15, 0.2) is 17.6 Å². The standard InChI is InChI=1S/C25H21NO6/c1-15(25(28)26-12-16-6-8-20-22(10-16)31-14-30-20)32-23(27)11-18-13-29-21-9-7-17-4-2-3-5-19(17)24(18)21/h2-10,13,15H,11-12,14H2,1H3,(H,26,28). The number of benzene rings is 3. The number of nitrogens with one attached hydrogen (secondary N) is 1. The maximum Gasteiger partial charge on any atom is 0.311 e. The Labute approximate surface area is 183 Å². The van der Waals surface area contributed by atoms with Gasteiger partial charge in [0.2, 0.25) is 6.79 Å². The van der Waals surface area contributed by atoms with Crippen LogP contribution in [-0.2, 0) is 27.3 Å². The summed E-state index contributed by atoms with van der Waals surface area (Å²) >= 11 is 0. The van der Waals surface area contributed by atoms with Crippen LogP contribution in [0.1, 0.15) is 18.1 Å². The summed E-state index contributed by atoms with van der Waals surface area (Å²) in [6.45, 7) is 2.03. The van der Waals surface area contributed by atoms with Crippen molar-refractivity contribution in [3.8, 4) is 11.5 Å². The Hall–Kier alpha value is -4.00. The Morgan fingerprint density at radius 1 is 1.06 bits per heavy atom. The molecule has 1 aliphatic rings. The van der Waals surface area contributed by atoms with Gasteiger partial charge in [-0.1, -0.05) is 36.4 Å². The first-order valence-corrected chi connectivity index (χ1v) is 10.3. The van der Waals surface area contributed by atoms with E-state index in [1.165, 1.54) is 0 Å². The zero-order valence-corrected chi connectivity index (χ0v) is 17.4. The lowest BCUT2D eigenvalue weighted by Crippen LogP contribution is -2.35. The number of rotatable bonds is 6. The molecule has 0 saturated carbocycles. The summed E-state index contributed by atoms with van der Waals surface area (Å²) < 4.78 is 21.6. The van der Waals surface area contributed by atoms with Crippen molar-refractivity contribution in [2.24, 2.45) is 0 Å². The van der Waals surface area contributed by atoms with Gasteiger partial charge in [-0.25, -0.2) is 0 Å². The third-order valence-electron chi connectivity index (χ3n) is 5.46. The van der Waals surface area contributed by atoms with Crippen molar-refractivity contribution in [2.75, 3.05) is 6.79 Å². The molecule has 0 aliphatic carbocycles. The molecule has 7 nitrogen and oxygen atoms in total. The molecular weight excluding hydrogens is 410 g/mol. The molecule has 5 rings (SSSR count). The number of hydrogen-bond donors (Lipinski definition) is 1. The number of carbonyl (C=O) groups excluding carboxylic acids is 2. The SMILES string of the molecule is CC(OC(=O)Cc1coc2ccc3ccccc3c12)C(=O)NCc1ccc2c(c1)OCO2. The van der Waals surface area contributed by atoms with Gasteiger partial charge in [-0.3, -0.25) is 9.59 Å². The van der Waals surface area contributed by atoms with Gasteiger partial charge < -0.3 is 23.9 Å². The normalized spacial score (nSPS) is 13.3. The molecule has 0 spiro atoms. The van der Waals surface area contributed by atoms with Crippen molar-refractivity contribution in [3.63, 3.8) is 0 Å². The summed E-state index contributed by atoms with van der Waals surface area (Å²) in [5.41, 5.74) is 2.30. The van der Waals surface area contributed by atoms with E-state index in [4.69, 9.17) is 18.6 Å². The number of ether oxygens (including phenoxy) is 3. The van der Waals surface area contributed by atoms with Crippen LogP contribution in [-0.4, -0.2) is 24.8 Å². The van der Waals surface area contributed by atoms with Crippen molar-refractivity contribution in [1.82, 2.24) is 5.32 Å². The summed E-state index contributed by atoms with van der Waals surface area (Å²) in [7, 11) is 0. The number of hydrogen-bond acceptors (Lipinski definition) is 6. The highest BCUT2D eigenvalue weighted by molar-refractivity contribution is 6.08. The van der Waals surface area contributed by atoms with E-state index in [0.717, 1.165) is 27.3 Å². The summed E-state index contributed by atoms with van der Waals surface area (Å²) in [6, 6.07) is 17.2. The smallest absolute Gasteiger partial charge is 0.311 e. The van der Waals surface area contributed by atoms with Gasteiger partial charge in [-0.15, -0.1) is 0 Å². The summed E-state index contributed by atoms with van der Waals surface area (Å²) in [6.07, 6.45) is 0.662. The molecule has 1 unspecified atom stereocenters. The van der Waals surface area contributed by atoms with Gasteiger partial charge in [-0.2, -0.15) is 0 Å². The molecule has 0 radical (unpaired) electrons. The van der Waals surface area contributed by atoms with Gasteiger partial charge in [-0.05, 0) is 41.5 Å². The van der Waals surface area contributed by atoms with Crippen LogP contribution in [0.3, 0.4) is 0 Å². The third-order valence-corrected chi connectivity index (χ3v) is 5.46. The van der Waals surface area contributed by atoms with Crippen LogP contribution in [0.4, 0.5) is 0 Å². The molecule has 0 fully saturated rings. The second kappa shape index (κ2) is 8.26. The predicted octanol–water partition coefficient (Wildman–Crippen LogP) is 4.11. The topological polar surface area (TPSA) is 87.0 Å². The van der Waals surface area contributed by atoms with Crippen LogP contribution in [0.15, 0.2) is 65.3 Å². The number of furan rings is 1. The van der Waals surface area contributed by atoms with Gasteiger partial charge in [0, 0.05) is 17.5 Å². The number of carbonyl (C=O) groups is 2. The van der Waals surface area contributed by atoms with Gasteiger partial charge in [0.05, 0.1) is 12.7 Å². The van der Waals surface area contributed by atoms with Crippen molar-refractivity contribution < 1.29 is 28.2 Å². The average Bonchev–Trinajstić information content (AvgIpc) is 3.44. The Kier molecular flexibility index (Phi) is 5.15. The maximum absolute atomic E-state index is 12.5. The highest BCUT2D eigenvalue weighted by atomic mass is 16.7. The van der Waals surface area contributed by atoms with E-state index in [1.54, 1.807) is 19.3 Å². The molecule has 1 aromatic heterocycles. The molecule has 3 aromatic carbocycles. The van der Waals surface area contributed by atoms with Gasteiger partial charge in [0.25, 0.3) is 5.91 Å². The Balaban J connectivity index is 1.21. The second-order valence-corrected chi connectivity index (χ2v) is 7.64. The van der Waals surface area contributed by atoms with Crippen molar-refractivity contribution in [1.29, 1.82) is 0 Å². The third kappa shape index (κ3) is 3.85. The molecular formula is C25H21NO6. The van der Waals surface area contributed by atoms with Crippen LogP contribution < -0.4 is 14.8 Å².